The lowest BCUT2D eigenvalue weighted by molar-refractivity contribution is 0.0702. The molecule has 0 aliphatic heterocycles. The van der Waals surface area contributed by atoms with E-state index in [1.165, 1.54) is 5.56 Å². The quantitative estimate of drug-likeness (QED) is 0.901. The Morgan fingerprint density at radius 3 is 2.47 bits per heavy atom. The molecule has 0 amide bonds. The van der Waals surface area contributed by atoms with Gasteiger partial charge in [0, 0.05) is 5.56 Å². The zero-order chi connectivity index (χ0) is 12.4. The second-order valence-electron chi connectivity index (χ2n) is 4.11. The van der Waals surface area contributed by atoms with Crippen molar-refractivity contribution in [2.45, 2.75) is 19.8 Å². The lowest BCUT2D eigenvalue weighted by Crippen LogP contribution is -1.95. The third kappa shape index (κ3) is 2.36. The van der Waals surface area contributed by atoms with Crippen molar-refractivity contribution in [2.75, 3.05) is 0 Å². The molecule has 4 heteroatoms. The van der Waals surface area contributed by atoms with Crippen molar-refractivity contribution in [3.63, 3.8) is 0 Å². The summed E-state index contributed by atoms with van der Waals surface area (Å²) in [6.45, 7) is 4.25. The number of thiazole rings is 1. The Morgan fingerprint density at radius 2 is 1.94 bits per heavy atom. The van der Waals surface area contributed by atoms with Crippen LogP contribution in [-0.2, 0) is 0 Å². The van der Waals surface area contributed by atoms with Gasteiger partial charge in [0.2, 0.25) is 0 Å². The summed E-state index contributed by atoms with van der Waals surface area (Å²) in [6, 6.07) is 7.89. The molecule has 1 aromatic carbocycles. The van der Waals surface area contributed by atoms with Crippen LogP contribution in [-0.4, -0.2) is 16.1 Å². The second-order valence-corrected chi connectivity index (χ2v) is 4.97. The molecule has 0 saturated heterocycles. The van der Waals surface area contributed by atoms with Gasteiger partial charge in [-0.2, -0.15) is 0 Å². The molecule has 1 aromatic heterocycles. The first-order valence-electron chi connectivity index (χ1n) is 5.36. The number of hydrogen-bond donors (Lipinski definition) is 1. The summed E-state index contributed by atoms with van der Waals surface area (Å²) >= 11 is 1.15. The fraction of sp³-hybridized carbons (Fsp3) is 0.231. The molecule has 0 saturated carbocycles. The summed E-state index contributed by atoms with van der Waals surface area (Å²) in [6.07, 6.45) is 0. The Labute approximate surface area is 104 Å². The largest absolute Gasteiger partial charge is 0.477 e. The van der Waals surface area contributed by atoms with Crippen LogP contribution in [0.3, 0.4) is 0 Å². The van der Waals surface area contributed by atoms with Gasteiger partial charge in [-0.1, -0.05) is 38.1 Å². The van der Waals surface area contributed by atoms with Crippen LogP contribution >= 0.6 is 11.3 Å². The number of aromatic nitrogens is 1. The SMILES string of the molecule is CC(C)c1ccc(-c2ncsc2C(=O)O)cc1. The molecule has 1 N–H and O–H groups in total. The molecule has 0 aliphatic rings. The molecule has 0 unspecified atom stereocenters. The van der Waals surface area contributed by atoms with Gasteiger partial charge in [-0.05, 0) is 11.5 Å². The van der Waals surface area contributed by atoms with Crippen LogP contribution in [0, 0.1) is 0 Å². The highest BCUT2D eigenvalue weighted by atomic mass is 32.1. The number of benzene rings is 1. The Hall–Kier alpha value is -1.68. The van der Waals surface area contributed by atoms with Crippen LogP contribution < -0.4 is 0 Å². The first kappa shape index (κ1) is 11.8. The van der Waals surface area contributed by atoms with Crippen molar-refractivity contribution in [3.8, 4) is 11.3 Å². The van der Waals surface area contributed by atoms with Gasteiger partial charge >= 0.3 is 5.97 Å². The lowest BCUT2D eigenvalue weighted by Gasteiger charge is -2.06. The molecular formula is C13H13NO2S. The standard InChI is InChI=1S/C13H13NO2S/c1-8(2)9-3-5-10(6-4-9)11-12(13(15)16)17-7-14-11/h3-8H,1-2H3,(H,15,16). The summed E-state index contributed by atoms with van der Waals surface area (Å²) in [4.78, 5) is 15.4. The van der Waals surface area contributed by atoms with Gasteiger partial charge < -0.3 is 5.11 Å². The number of carboxylic acid groups (broad SMARTS) is 1. The number of hydrogen-bond acceptors (Lipinski definition) is 3. The zero-order valence-corrected chi connectivity index (χ0v) is 10.5. The Kier molecular flexibility index (Phi) is 3.24. The smallest absolute Gasteiger partial charge is 0.348 e. The fourth-order valence-electron chi connectivity index (χ4n) is 1.63. The van der Waals surface area contributed by atoms with E-state index < -0.39 is 5.97 Å². The first-order valence-corrected chi connectivity index (χ1v) is 6.24. The van der Waals surface area contributed by atoms with Crippen LogP contribution in [0.4, 0.5) is 0 Å². The molecule has 0 fully saturated rings. The minimum atomic E-state index is -0.921. The number of nitrogens with zero attached hydrogens (tertiary/aromatic N) is 1. The van der Waals surface area contributed by atoms with E-state index in [2.05, 4.69) is 18.8 Å². The van der Waals surface area contributed by atoms with Gasteiger partial charge in [-0.15, -0.1) is 11.3 Å². The predicted octanol–water partition coefficient (Wildman–Crippen LogP) is 3.63. The minimum Gasteiger partial charge on any atom is -0.477 e. The van der Waals surface area contributed by atoms with E-state index in [9.17, 15) is 4.79 Å². The van der Waals surface area contributed by atoms with Crippen molar-refractivity contribution in [2.24, 2.45) is 0 Å². The van der Waals surface area contributed by atoms with E-state index >= 15 is 0 Å². The van der Waals surface area contributed by atoms with Crippen molar-refractivity contribution in [1.82, 2.24) is 4.98 Å². The van der Waals surface area contributed by atoms with Crippen LogP contribution in [0.15, 0.2) is 29.8 Å². The average Bonchev–Trinajstić information content (AvgIpc) is 2.78. The van der Waals surface area contributed by atoms with Crippen LogP contribution in [0.25, 0.3) is 11.3 Å². The van der Waals surface area contributed by atoms with Gasteiger partial charge in [-0.25, -0.2) is 9.78 Å². The van der Waals surface area contributed by atoms with E-state index in [1.54, 1.807) is 5.51 Å². The second kappa shape index (κ2) is 4.67. The molecule has 0 spiro atoms. The maximum absolute atomic E-state index is 11.0. The lowest BCUT2D eigenvalue weighted by atomic mass is 10.0. The monoisotopic (exact) mass is 247 g/mol. The minimum absolute atomic E-state index is 0.294. The fourth-order valence-corrected chi connectivity index (χ4v) is 2.28. The van der Waals surface area contributed by atoms with Crippen molar-refractivity contribution < 1.29 is 9.90 Å². The molecule has 0 bridgehead atoms. The van der Waals surface area contributed by atoms with Gasteiger partial charge in [0.15, 0.2) is 0 Å². The normalized spacial score (nSPS) is 10.8. The highest BCUT2D eigenvalue weighted by Crippen LogP contribution is 2.26. The highest BCUT2D eigenvalue weighted by molar-refractivity contribution is 7.12. The third-order valence-electron chi connectivity index (χ3n) is 2.61. The zero-order valence-electron chi connectivity index (χ0n) is 9.68. The molecule has 2 rings (SSSR count). The number of aromatic carboxylic acids is 1. The Morgan fingerprint density at radius 1 is 1.29 bits per heavy atom. The molecule has 0 radical (unpaired) electrons. The van der Waals surface area contributed by atoms with Crippen LogP contribution in [0.1, 0.15) is 35.0 Å². The van der Waals surface area contributed by atoms with Gasteiger partial charge in [0.25, 0.3) is 0 Å². The van der Waals surface area contributed by atoms with Crippen molar-refractivity contribution >= 4 is 17.3 Å². The first-order chi connectivity index (χ1) is 8.09. The van der Waals surface area contributed by atoms with Crippen molar-refractivity contribution in [1.29, 1.82) is 0 Å². The van der Waals surface area contributed by atoms with Crippen molar-refractivity contribution in [3.05, 3.63) is 40.2 Å². The summed E-state index contributed by atoms with van der Waals surface area (Å²) in [5, 5.41) is 9.03. The molecule has 0 atom stereocenters. The van der Waals surface area contributed by atoms with E-state index in [-0.39, 0.29) is 0 Å². The van der Waals surface area contributed by atoms with Crippen LogP contribution in [0.5, 0.6) is 0 Å². The molecular weight excluding hydrogens is 234 g/mol. The molecule has 1 heterocycles. The maximum atomic E-state index is 11.0. The van der Waals surface area contributed by atoms with E-state index in [1.807, 2.05) is 24.3 Å². The van der Waals surface area contributed by atoms with Gasteiger partial charge in [-0.3, -0.25) is 0 Å². The number of rotatable bonds is 3. The summed E-state index contributed by atoms with van der Waals surface area (Å²) in [5.41, 5.74) is 4.21. The molecule has 2 aromatic rings. The Bertz CT molecular complexity index is 529. The maximum Gasteiger partial charge on any atom is 0.348 e. The molecule has 0 aliphatic carbocycles. The topological polar surface area (TPSA) is 50.2 Å². The highest BCUT2D eigenvalue weighted by Gasteiger charge is 2.14. The number of carbonyl (C=O) groups is 1. The van der Waals surface area contributed by atoms with Gasteiger partial charge in [0.05, 0.1) is 11.2 Å². The average molecular weight is 247 g/mol. The van der Waals surface area contributed by atoms with E-state index in [0.717, 1.165) is 16.9 Å². The van der Waals surface area contributed by atoms with Gasteiger partial charge in [0.1, 0.15) is 4.88 Å². The molecule has 88 valence electrons. The summed E-state index contributed by atoms with van der Waals surface area (Å²) < 4.78 is 0. The van der Waals surface area contributed by atoms with Crippen LogP contribution in [0.2, 0.25) is 0 Å². The summed E-state index contributed by atoms with van der Waals surface area (Å²) in [7, 11) is 0. The van der Waals surface area contributed by atoms with E-state index in [0.29, 0.717) is 16.5 Å². The molecule has 3 nitrogen and oxygen atoms in total. The molecule has 17 heavy (non-hydrogen) atoms. The predicted molar refractivity (Wildman–Crippen MR) is 68.6 cm³/mol. The number of carboxylic acids is 1. The summed E-state index contributed by atoms with van der Waals surface area (Å²) in [5.74, 6) is -0.450. The third-order valence-corrected chi connectivity index (χ3v) is 3.43. The Balaban J connectivity index is 2.40. The van der Waals surface area contributed by atoms with E-state index in [4.69, 9.17) is 5.11 Å².